The summed E-state index contributed by atoms with van der Waals surface area (Å²) in [5.41, 5.74) is 0.221. The van der Waals surface area contributed by atoms with E-state index >= 15 is 0 Å². The Morgan fingerprint density at radius 1 is 1.30 bits per heavy atom. The highest BCUT2D eigenvalue weighted by Gasteiger charge is 2.22. The Morgan fingerprint density at radius 3 is 3.04 bits per heavy atom. The second-order valence-electron chi connectivity index (χ2n) is 6.18. The first-order valence-corrected chi connectivity index (χ1v) is 8.61. The number of benzene rings is 1. The van der Waals surface area contributed by atoms with Crippen LogP contribution in [0.5, 0.6) is 17.2 Å². The van der Waals surface area contributed by atoms with Gasteiger partial charge in [-0.3, -0.25) is 4.79 Å². The van der Waals surface area contributed by atoms with Gasteiger partial charge in [0.2, 0.25) is 12.7 Å². The van der Waals surface area contributed by atoms with Gasteiger partial charge in [0.1, 0.15) is 12.0 Å². The maximum Gasteiger partial charge on any atom is 0.275 e. The molecule has 0 N–H and O–H groups in total. The van der Waals surface area contributed by atoms with E-state index in [1.54, 1.807) is 30.1 Å². The monoisotopic (exact) mass is 376 g/mol. The Kier molecular flexibility index (Phi) is 5.12. The summed E-state index contributed by atoms with van der Waals surface area (Å²) in [6.07, 6.45) is 1.20. The number of ether oxygens (including phenoxy) is 5. The van der Waals surface area contributed by atoms with E-state index in [2.05, 4.69) is 4.98 Å². The third-order valence-corrected chi connectivity index (χ3v) is 4.19. The molecule has 0 radical (unpaired) electrons. The largest absolute Gasteiger partial charge is 0.484 e. The maximum absolute atomic E-state index is 12.5. The van der Waals surface area contributed by atoms with Crippen molar-refractivity contribution in [3.8, 4) is 17.2 Å². The van der Waals surface area contributed by atoms with E-state index in [4.69, 9.17) is 28.1 Å². The third kappa shape index (κ3) is 4.15. The van der Waals surface area contributed by atoms with Crippen molar-refractivity contribution in [1.82, 2.24) is 9.88 Å². The number of hydrogen-bond acceptors (Lipinski definition) is 8. The molecule has 1 aromatic carbocycles. The van der Waals surface area contributed by atoms with E-state index in [9.17, 15) is 4.79 Å². The molecular formula is C18H20N2O7. The average Bonchev–Trinajstić information content (AvgIpc) is 3.35. The van der Waals surface area contributed by atoms with E-state index < -0.39 is 0 Å². The first kappa shape index (κ1) is 17.6. The molecular weight excluding hydrogens is 356 g/mol. The number of nitrogens with zero attached hydrogens (tertiary/aromatic N) is 2. The molecule has 1 atom stereocenters. The molecule has 2 aromatic rings. The lowest BCUT2D eigenvalue weighted by Gasteiger charge is -2.27. The zero-order chi connectivity index (χ0) is 18.6. The van der Waals surface area contributed by atoms with Crippen LogP contribution >= 0.6 is 0 Å². The second kappa shape index (κ2) is 7.85. The van der Waals surface area contributed by atoms with Gasteiger partial charge < -0.3 is 33.0 Å². The van der Waals surface area contributed by atoms with Crippen molar-refractivity contribution in [3.63, 3.8) is 0 Å². The Hall–Kier alpha value is -2.78. The lowest BCUT2D eigenvalue weighted by molar-refractivity contribution is -0.0933. The van der Waals surface area contributed by atoms with E-state index in [0.717, 1.165) is 0 Å². The predicted octanol–water partition coefficient (Wildman–Crippen LogP) is 1.47. The van der Waals surface area contributed by atoms with Crippen molar-refractivity contribution in [2.75, 3.05) is 40.2 Å². The van der Waals surface area contributed by atoms with Crippen LogP contribution in [0.4, 0.5) is 0 Å². The molecule has 0 saturated carbocycles. The fourth-order valence-electron chi connectivity index (χ4n) is 2.81. The SMILES string of the molecule is CN(CC1COCCO1)C(=O)c1coc(COc2ccc3c(c2)OCO3)n1. The van der Waals surface area contributed by atoms with Crippen LogP contribution in [0, 0.1) is 0 Å². The van der Waals surface area contributed by atoms with Crippen molar-refractivity contribution in [2.45, 2.75) is 12.7 Å². The molecule has 27 heavy (non-hydrogen) atoms. The van der Waals surface area contributed by atoms with Crippen LogP contribution in [0.25, 0.3) is 0 Å². The predicted molar refractivity (Wildman–Crippen MR) is 90.9 cm³/mol. The van der Waals surface area contributed by atoms with Crippen LogP contribution in [-0.2, 0) is 16.1 Å². The molecule has 1 saturated heterocycles. The molecule has 4 rings (SSSR count). The van der Waals surface area contributed by atoms with Gasteiger partial charge in [0, 0.05) is 19.7 Å². The van der Waals surface area contributed by atoms with Crippen molar-refractivity contribution < 1.29 is 32.9 Å². The molecule has 1 unspecified atom stereocenters. The third-order valence-electron chi connectivity index (χ3n) is 4.19. The number of rotatable bonds is 6. The second-order valence-corrected chi connectivity index (χ2v) is 6.18. The fraction of sp³-hybridized carbons (Fsp3) is 0.444. The lowest BCUT2D eigenvalue weighted by atomic mass is 10.3. The highest BCUT2D eigenvalue weighted by Crippen LogP contribution is 2.35. The summed E-state index contributed by atoms with van der Waals surface area (Å²) in [5, 5.41) is 0. The summed E-state index contributed by atoms with van der Waals surface area (Å²) in [4.78, 5) is 18.2. The van der Waals surface area contributed by atoms with Gasteiger partial charge in [0.15, 0.2) is 23.8 Å². The van der Waals surface area contributed by atoms with Crippen LogP contribution < -0.4 is 14.2 Å². The zero-order valence-corrected chi connectivity index (χ0v) is 14.9. The number of carbonyl (C=O) groups excluding carboxylic acids is 1. The van der Waals surface area contributed by atoms with Crippen LogP contribution in [0.3, 0.4) is 0 Å². The van der Waals surface area contributed by atoms with Gasteiger partial charge in [-0.2, -0.15) is 0 Å². The normalized spacial score (nSPS) is 18.3. The number of oxazole rings is 1. The number of fused-ring (bicyclic) bond motifs is 1. The van der Waals surface area contributed by atoms with Crippen LogP contribution in [-0.4, -0.2) is 62.1 Å². The van der Waals surface area contributed by atoms with Gasteiger partial charge in [0.05, 0.1) is 25.9 Å². The topological polar surface area (TPSA) is 92.5 Å². The molecule has 0 aliphatic carbocycles. The molecule has 9 nitrogen and oxygen atoms in total. The van der Waals surface area contributed by atoms with Gasteiger partial charge in [-0.05, 0) is 12.1 Å². The number of likely N-dealkylation sites (N-methyl/N-ethyl adjacent to an activating group) is 1. The van der Waals surface area contributed by atoms with Crippen LogP contribution in [0.15, 0.2) is 28.9 Å². The molecule has 0 spiro atoms. The summed E-state index contributed by atoms with van der Waals surface area (Å²) < 4.78 is 32.4. The summed E-state index contributed by atoms with van der Waals surface area (Å²) in [7, 11) is 1.69. The Balaban J connectivity index is 1.31. The molecule has 144 valence electrons. The number of carbonyl (C=O) groups is 1. The van der Waals surface area contributed by atoms with Gasteiger partial charge in [-0.1, -0.05) is 0 Å². The van der Waals surface area contributed by atoms with E-state index in [1.807, 2.05) is 0 Å². The molecule has 1 fully saturated rings. The Morgan fingerprint density at radius 2 is 2.19 bits per heavy atom. The summed E-state index contributed by atoms with van der Waals surface area (Å²) in [6, 6.07) is 5.27. The quantitative estimate of drug-likeness (QED) is 0.748. The van der Waals surface area contributed by atoms with Gasteiger partial charge in [0.25, 0.3) is 5.91 Å². The molecule has 0 bridgehead atoms. The minimum absolute atomic E-state index is 0.0935. The molecule has 1 aromatic heterocycles. The molecule has 9 heteroatoms. The van der Waals surface area contributed by atoms with Crippen LogP contribution in [0.2, 0.25) is 0 Å². The molecule has 2 aliphatic rings. The van der Waals surface area contributed by atoms with Crippen molar-refractivity contribution in [1.29, 1.82) is 0 Å². The summed E-state index contributed by atoms with van der Waals surface area (Å²) in [6.45, 7) is 2.33. The van der Waals surface area contributed by atoms with Crippen molar-refractivity contribution in [2.24, 2.45) is 0 Å². The van der Waals surface area contributed by atoms with Crippen LogP contribution in [0.1, 0.15) is 16.4 Å². The first-order valence-electron chi connectivity index (χ1n) is 8.61. The van der Waals surface area contributed by atoms with E-state index in [-0.39, 0.29) is 31.1 Å². The molecule has 2 aliphatic heterocycles. The average molecular weight is 376 g/mol. The number of hydrogen-bond donors (Lipinski definition) is 0. The lowest BCUT2D eigenvalue weighted by Crippen LogP contribution is -2.40. The minimum atomic E-state index is -0.248. The maximum atomic E-state index is 12.5. The van der Waals surface area contributed by atoms with Gasteiger partial charge in [-0.15, -0.1) is 0 Å². The minimum Gasteiger partial charge on any atom is -0.484 e. The molecule has 1 amide bonds. The van der Waals surface area contributed by atoms with Gasteiger partial charge in [-0.25, -0.2) is 4.98 Å². The Labute approximate surface area is 155 Å². The Bertz CT molecular complexity index is 801. The van der Waals surface area contributed by atoms with Gasteiger partial charge >= 0.3 is 0 Å². The van der Waals surface area contributed by atoms with Crippen molar-refractivity contribution >= 4 is 5.91 Å². The summed E-state index contributed by atoms with van der Waals surface area (Å²) in [5.74, 6) is 1.97. The highest BCUT2D eigenvalue weighted by molar-refractivity contribution is 5.91. The van der Waals surface area contributed by atoms with E-state index in [0.29, 0.717) is 49.5 Å². The zero-order valence-electron chi connectivity index (χ0n) is 14.9. The number of amides is 1. The highest BCUT2D eigenvalue weighted by atomic mass is 16.7. The first-order chi connectivity index (χ1) is 13.2. The van der Waals surface area contributed by atoms with Crippen molar-refractivity contribution in [3.05, 3.63) is 36.0 Å². The fourth-order valence-corrected chi connectivity index (χ4v) is 2.81. The number of aromatic nitrogens is 1. The standard InChI is InChI=1S/C18H20N2O7/c1-20(7-13-8-22-4-5-23-13)18(21)14-9-25-17(19-14)10-24-12-2-3-15-16(6-12)27-11-26-15/h2-3,6,9,13H,4-5,7-8,10-11H2,1H3. The summed E-state index contributed by atoms with van der Waals surface area (Å²) >= 11 is 0. The smallest absolute Gasteiger partial charge is 0.275 e. The molecule has 3 heterocycles. The van der Waals surface area contributed by atoms with E-state index in [1.165, 1.54) is 6.26 Å².